The van der Waals surface area contributed by atoms with Crippen LogP contribution in [0.4, 0.5) is 0 Å². The molecular formula is C14H31N. The molecule has 0 amide bonds. The van der Waals surface area contributed by atoms with Gasteiger partial charge in [-0.2, -0.15) is 0 Å². The predicted octanol–water partition coefficient (Wildman–Crippen LogP) is 4.37. The van der Waals surface area contributed by atoms with E-state index in [-0.39, 0.29) is 0 Å². The zero-order chi connectivity index (χ0) is 11.7. The Morgan fingerprint density at radius 3 is 2.27 bits per heavy atom. The van der Waals surface area contributed by atoms with Crippen molar-refractivity contribution in [3.63, 3.8) is 0 Å². The maximum absolute atomic E-state index is 3.50. The Kier molecular flexibility index (Phi) is 8.13. The average Bonchev–Trinajstić information content (AvgIpc) is 2.12. The largest absolute Gasteiger partial charge is 0.315 e. The lowest BCUT2D eigenvalue weighted by Crippen LogP contribution is -2.31. The first-order valence-corrected chi connectivity index (χ1v) is 6.75. The van der Waals surface area contributed by atoms with Crippen molar-refractivity contribution in [2.45, 2.75) is 79.2 Å². The van der Waals surface area contributed by atoms with E-state index < -0.39 is 0 Å². The monoisotopic (exact) mass is 213 g/mol. The Bertz CT molecular complexity index is 140. The van der Waals surface area contributed by atoms with Crippen LogP contribution < -0.4 is 5.32 Å². The van der Waals surface area contributed by atoms with Gasteiger partial charge in [0.1, 0.15) is 0 Å². The molecule has 1 atom stereocenters. The van der Waals surface area contributed by atoms with E-state index in [1.54, 1.807) is 0 Å². The van der Waals surface area contributed by atoms with Gasteiger partial charge in [0, 0.05) is 6.04 Å². The summed E-state index contributed by atoms with van der Waals surface area (Å²) in [7, 11) is 0. The lowest BCUT2D eigenvalue weighted by molar-refractivity contribution is 0.260. The van der Waals surface area contributed by atoms with Gasteiger partial charge in [0.15, 0.2) is 0 Å². The number of unbranched alkanes of at least 4 members (excludes halogenated alkanes) is 3. The SMILES string of the molecule is CCCCCCC(C)(C)CC(C)NCC. The highest BCUT2D eigenvalue weighted by atomic mass is 14.9. The molecule has 0 aliphatic carbocycles. The topological polar surface area (TPSA) is 12.0 Å². The van der Waals surface area contributed by atoms with Gasteiger partial charge < -0.3 is 5.32 Å². The average molecular weight is 213 g/mol. The molecule has 92 valence electrons. The van der Waals surface area contributed by atoms with Crippen LogP contribution in [-0.4, -0.2) is 12.6 Å². The first-order chi connectivity index (χ1) is 7.02. The van der Waals surface area contributed by atoms with Crippen molar-refractivity contribution in [3.05, 3.63) is 0 Å². The first kappa shape index (κ1) is 15.0. The summed E-state index contributed by atoms with van der Waals surface area (Å²) in [6.07, 6.45) is 8.23. The van der Waals surface area contributed by atoms with Crippen molar-refractivity contribution < 1.29 is 0 Å². The Morgan fingerprint density at radius 1 is 1.07 bits per heavy atom. The summed E-state index contributed by atoms with van der Waals surface area (Å²) in [6.45, 7) is 12.7. The highest BCUT2D eigenvalue weighted by Gasteiger charge is 2.19. The molecule has 0 heterocycles. The van der Waals surface area contributed by atoms with Crippen LogP contribution in [0.1, 0.15) is 73.1 Å². The normalized spacial score (nSPS) is 14.2. The summed E-state index contributed by atoms with van der Waals surface area (Å²) < 4.78 is 0. The number of hydrogen-bond acceptors (Lipinski definition) is 1. The minimum absolute atomic E-state index is 0.509. The predicted molar refractivity (Wildman–Crippen MR) is 70.3 cm³/mol. The van der Waals surface area contributed by atoms with Crippen molar-refractivity contribution in [1.29, 1.82) is 0 Å². The van der Waals surface area contributed by atoms with Crippen LogP contribution in [0.15, 0.2) is 0 Å². The van der Waals surface area contributed by atoms with Crippen LogP contribution in [0.5, 0.6) is 0 Å². The maximum Gasteiger partial charge on any atom is 0.00436 e. The van der Waals surface area contributed by atoms with E-state index in [1.165, 1.54) is 38.5 Å². The Morgan fingerprint density at radius 2 is 1.73 bits per heavy atom. The van der Waals surface area contributed by atoms with Crippen LogP contribution in [-0.2, 0) is 0 Å². The molecule has 0 rings (SSSR count). The van der Waals surface area contributed by atoms with E-state index in [0.717, 1.165) is 6.54 Å². The van der Waals surface area contributed by atoms with Gasteiger partial charge in [-0.25, -0.2) is 0 Å². The van der Waals surface area contributed by atoms with Crippen LogP contribution in [0.25, 0.3) is 0 Å². The molecule has 0 aromatic carbocycles. The van der Waals surface area contributed by atoms with E-state index in [2.05, 4.69) is 39.9 Å². The van der Waals surface area contributed by atoms with Gasteiger partial charge in [0.05, 0.1) is 0 Å². The molecule has 0 saturated heterocycles. The molecular weight excluding hydrogens is 182 g/mol. The zero-order valence-electron chi connectivity index (χ0n) is 11.5. The lowest BCUT2D eigenvalue weighted by atomic mass is 9.81. The molecule has 0 aromatic rings. The van der Waals surface area contributed by atoms with E-state index in [1.807, 2.05) is 0 Å². The molecule has 0 aliphatic rings. The fourth-order valence-electron chi connectivity index (χ4n) is 2.38. The van der Waals surface area contributed by atoms with Crippen molar-refractivity contribution in [3.8, 4) is 0 Å². The summed E-state index contributed by atoms with van der Waals surface area (Å²) in [4.78, 5) is 0. The lowest BCUT2D eigenvalue weighted by Gasteiger charge is -2.28. The van der Waals surface area contributed by atoms with E-state index in [9.17, 15) is 0 Å². The van der Waals surface area contributed by atoms with Crippen LogP contribution >= 0.6 is 0 Å². The molecule has 0 fully saturated rings. The summed E-state index contributed by atoms with van der Waals surface area (Å²) in [5, 5.41) is 3.50. The van der Waals surface area contributed by atoms with Crippen molar-refractivity contribution in [2.24, 2.45) is 5.41 Å². The van der Waals surface area contributed by atoms with Crippen LogP contribution in [0, 0.1) is 5.41 Å². The quantitative estimate of drug-likeness (QED) is 0.561. The fraction of sp³-hybridized carbons (Fsp3) is 1.00. The molecule has 0 spiro atoms. The highest BCUT2D eigenvalue weighted by Crippen LogP contribution is 2.29. The number of rotatable bonds is 9. The van der Waals surface area contributed by atoms with E-state index in [4.69, 9.17) is 0 Å². The molecule has 0 radical (unpaired) electrons. The molecule has 15 heavy (non-hydrogen) atoms. The van der Waals surface area contributed by atoms with Gasteiger partial charge in [-0.15, -0.1) is 0 Å². The molecule has 1 nitrogen and oxygen atoms in total. The minimum atomic E-state index is 0.509. The molecule has 1 unspecified atom stereocenters. The van der Waals surface area contributed by atoms with Crippen LogP contribution in [0.2, 0.25) is 0 Å². The van der Waals surface area contributed by atoms with Gasteiger partial charge in [-0.3, -0.25) is 0 Å². The summed E-state index contributed by atoms with van der Waals surface area (Å²) in [6, 6.07) is 0.663. The summed E-state index contributed by atoms with van der Waals surface area (Å²) >= 11 is 0. The molecule has 0 bridgehead atoms. The summed E-state index contributed by atoms with van der Waals surface area (Å²) in [5.74, 6) is 0. The summed E-state index contributed by atoms with van der Waals surface area (Å²) in [5.41, 5.74) is 0.509. The van der Waals surface area contributed by atoms with Gasteiger partial charge in [-0.05, 0) is 31.7 Å². The highest BCUT2D eigenvalue weighted by molar-refractivity contribution is 4.74. The first-order valence-electron chi connectivity index (χ1n) is 6.75. The van der Waals surface area contributed by atoms with Gasteiger partial charge in [0.25, 0.3) is 0 Å². The number of hydrogen-bond donors (Lipinski definition) is 1. The van der Waals surface area contributed by atoms with Crippen molar-refractivity contribution >= 4 is 0 Å². The van der Waals surface area contributed by atoms with Gasteiger partial charge in [0.2, 0.25) is 0 Å². The Hall–Kier alpha value is -0.0400. The third kappa shape index (κ3) is 8.92. The molecule has 0 aliphatic heterocycles. The minimum Gasteiger partial charge on any atom is -0.315 e. The van der Waals surface area contributed by atoms with E-state index >= 15 is 0 Å². The van der Waals surface area contributed by atoms with Gasteiger partial charge in [-0.1, -0.05) is 53.4 Å². The second-order valence-corrected chi connectivity index (χ2v) is 5.64. The standard InChI is InChI=1S/C14H31N/c1-6-8-9-10-11-14(4,5)12-13(3)15-7-2/h13,15H,6-12H2,1-5H3. The van der Waals surface area contributed by atoms with Crippen molar-refractivity contribution in [2.75, 3.05) is 6.54 Å². The number of nitrogens with one attached hydrogen (secondary N) is 1. The second-order valence-electron chi connectivity index (χ2n) is 5.64. The van der Waals surface area contributed by atoms with Gasteiger partial charge >= 0.3 is 0 Å². The Labute approximate surface area is 97.0 Å². The molecule has 0 aromatic heterocycles. The maximum atomic E-state index is 3.50. The zero-order valence-corrected chi connectivity index (χ0v) is 11.5. The Balaban J connectivity index is 3.65. The molecule has 0 saturated carbocycles. The molecule has 1 N–H and O–H groups in total. The second kappa shape index (κ2) is 8.15. The molecule has 1 heteroatoms. The smallest absolute Gasteiger partial charge is 0.00436 e. The third-order valence-corrected chi connectivity index (χ3v) is 3.12. The fourth-order valence-corrected chi connectivity index (χ4v) is 2.38. The van der Waals surface area contributed by atoms with Crippen LogP contribution in [0.3, 0.4) is 0 Å². The van der Waals surface area contributed by atoms with Crippen molar-refractivity contribution in [1.82, 2.24) is 5.32 Å². The van der Waals surface area contributed by atoms with E-state index in [0.29, 0.717) is 11.5 Å². The third-order valence-electron chi connectivity index (χ3n) is 3.12.